The molecule has 0 heterocycles. The Balaban J connectivity index is 3.00. The number of hydrogen-bond donors (Lipinski definition) is 2. The summed E-state index contributed by atoms with van der Waals surface area (Å²) in [5.74, 6) is -1.69. The molecule has 74 valence electrons. The summed E-state index contributed by atoms with van der Waals surface area (Å²) in [6.07, 6.45) is 0. The van der Waals surface area contributed by atoms with Gasteiger partial charge in [0.15, 0.2) is 0 Å². The molecule has 0 atom stereocenters. The number of rotatable bonds is 1. The van der Waals surface area contributed by atoms with Crippen molar-refractivity contribution in [2.45, 2.75) is 0 Å². The number of primary amides is 1. The Labute approximate surface area is 83.8 Å². The van der Waals surface area contributed by atoms with Crippen molar-refractivity contribution in [3.63, 3.8) is 0 Å². The molecule has 0 saturated carbocycles. The number of urea groups is 1. The average Bonchev–Trinajstić information content (AvgIpc) is 2.08. The molecule has 0 aromatic heterocycles. The first-order valence-electron chi connectivity index (χ1n) is 3.56. The lowest BCUT2D eigenvalue weighted by atomic mass is 10.2. The summed E-state index contributed by atoms with van der Waals surface area (Å²) < 4.78 is 13.0. The summed E-state index contributed by atoms with van der Waals surface area (Å²) in [4.78, 5) is 21.4. The molecule has 0 radical (unpaired) electrons. The van der Waals surface area contributed by atoms with Crippen LogP contribution in [0.1, 0.15) is 10.4 Å². The van der Waals surface area contributed by atoms with Gasteiger partial charge in [-0.25, -0.2) is 9.18 Å². The molecular formula is C8H6ClFN2O2. The fourth-order valence-electron chi connectivity index (χ4n) is 0.851. The van der Waals surface area contributed by atoms with E-state index >= 15 is 0 Å². The zero-order valence-corrected chi connectivity index (χ0v) is 7.64. The predicted octanol–water partition coefficient (Wildman–Crippen LogP) is 1.29. The van der Waals surface area contributed by atoms with Gasteiger partial charge in [-0.15, -0.1) is 0 Å². The second-order valence-corrected chi connectivity index (χ2v) is 2.88. The third-order valence-corrected chi connectivity index (χ3v) is 1.64. The zero-order valence-electron chi connectivity index (χ0n) is 6.88. The van der Waals surface area contributed by atoms with Crippen molar-refractivity contribution in [2.75, 3.05) is 0 Å². The molecule has 6 heteroatoms. The van der Waals surface area contributed by atoms with Gasteiger partial charge in [-0.1, -0.05) is 11.6 Å². The van der Waals surface area contributed by atoms with E-state index in [0.717, 1.165) is 12.1 Å². The Morgan fingerprint density at radius 2 is 2.07 bits per heavy atom. The molecule has 4 nitrogen and oxygen atoms in total. The van der Waals surface area contributed by atoms with Crippen LogP contribution in [0.2, 0.25) is 5.02 Å². The molecule has 14 heavy (non-hydrogen) atoms. The van der Waals surface area contributed by atoms with E-state index in [1.54, 1.807) is 5.32 Å². The molecule has 1 rings (SSSR count). The summed E-state index contributed by atoms with van der Waals surface area (Å²) >= 11 is 5.53. The van der Waals surface area contributed by atoms with Gasteiger partial charge in [-0.3, -0.25) is 10.1 Å². The molecule has 0 aliphatic rings. The van der Waals surface area contributed by atoms with Crippen LogP contribution < -0.4 is 11.1 Å². The molecular weight excluding hydrogens is 211 g/mol. The SMILES string of the molecule is NC(=O)NC(=O)c1cc(Cl)ccc1F. The van der Waals surface area contributed by atoms with E-state index in [9.17, 15) is 14.0 Å². The lowest BCUT2D eigenvalue weighted by Crippen LogP contribution is -2.35. The standard InChI is InChI=1S/C8H6ClFN2O2/c9-4-1-2-6(10)5(3-4)7(13)12-8(11)14/h1-3H,(H3,11,12,13,14). The van der Waals surface area contributed by atoms with Gasteiger partial charge in [0.2, 0.25) is 0 Å². The van der Waals surface area contributed by atoms with Crippen molar-refractivity contribution in [2.24, 2.45) is 5.73 Å². The fourth-order valence-corrected chi connectivity index (χ4v) is 1.02. The Hall–Kier alpha value is -1.62. The van der Waals surface area contributed by atoms with E-state index in [2.05, 4.69) is 0 Å². The van der Waals surface area contributed by atoms with E-state index in [1.807, 2.05) is 0 Å². The second kappa shape index (κ2) is 4.06. The van der Waals surface area contributed by atoms with E-state index in [0.29, 0.717) is 0 Å². The Morgan fingerprint density at radius 3 is 2.64 bits per heavy atom. The van der Waals surface area contributed by atoms with Crippen LogP contribution in [0.5, 0.6) is 0 Å². The summed E-state index contributed by atoms with van der Waals surface area (Å²) in [6, 6.07) is 2.38. The highest BCUT2D eigenvalue weighted by molar-refractivity contribution is 6.31. The van der Waals surface area contributed by atoms with Gasteiger partial charge < -0.3 is 5.73 Å². The highest BCUT2D eigenvalue weighted by Crippen LogP contribution is 2.14. The number of carbonyl (C=O) groups excluding carboxylic acids is 2. The molecule has 0 aliphatic carbocycles. The molecule has 0 aliphatic heterocycles. The maximum atomic E-state index is 13.0. The number of imide groups is 1. The highest BCUT2D eigenvalue weighted by atomic mass is 35.5. The zero-order chi connectivity index (χ0) is 10.7. The highest BCUT2D eigenvalue weighted by Gasteiger charge is 2.13. The van der Waals surface area contributed by atoms with Crippen molar-refractivity contribution in [3.05, 3.63) is 34.6 Å². The molecule has 3 amide bonds. The third-order valence-electron chi connectivity index (χ3n) is 1.41. The number of halogens is 2. The van der Waals surface area contributed by atoms with Crippen molar-refractivity contribution in [1.82, 2.24) is 5.32 Å². The van der Waals surface area contributed by atoms with Crippen molar-refractivity contribution in [3.8, 4) is 0 Å². The Morgan fingerprint density at radius 1 is 1.43 bits per heavy atom. The van der Waals surface area contributed by atoms with E-state index < -0.39 is 17.8 Å². The van der Waals surface area contributed by atoms with Crippen LogP contribution in [0.4, 0.5) is 9.18 Å². The van der Waals surface area contributed by atoms with Gasteiger partial charge >= 0.3 is 6.03 Å². The van der Waals surface area contributed by atoms with E-state index in [-0.39, 0.29) is 10.6 Å². The van der Waals surface area contributed by atoms with Gasteiger partial charge in [0.05, 0.1) is 5.56 Å². The number of amides is 3. The normalized spacial score (nSPS) is 9.57. The van der Waals surface area contributed by atoms with Crippen LogP contribution in [-0.4, -0.2) is 11.9 Å². The minimum Gasteiger partial charge on any atom is -0.351 e. The molecule has 0 spiro atoms. The van der Waals surface area contributed by atoms with Crippen LogP contribution >= 0.6 is 11.6 Å². The molecule has 0 unspecified atom stereocenters. The molecule has 1 aromatic rings. The van der Waals surface area contributed by atoms with Gasteiger partial charge in [-0.2, -0.15) is 0 Å². The molecule has 3 N–H and O–H groups in total. The topological polar surface area (TPSA) is 72.2 Å². The van der Waals surface area contributed by atoms with Crippen molar-refractivity contribution in [1.29, 1.82) is 0 Å². The summed E-state index contributed by atoms with van der Waals surface area (Å²) in [5, 5.41) is 1.92. The Kier molecular flexibility index (Phi) is 3.03. The summed E-state index contributed by atoms with van der Waals surface area (Å²) in [5.41, 5.74) is 4.37. The van der Waals surface area contributed by atoms with Crippen molar-refractivity contribution < 1.29 is 14.0 Å². The average molecular weight is 217 g/mol. The van der Waals surface area contributed by atoms with E-state index in [4.69, 9.17) is 17.3 Å². The predicted molar refractivity (Wildman–Crippen MR) is 48.5 cm³/mol. The molecule has 1 aromatic carbocycles. The van der Waals surface area contributed by atoms with Crippen LogP contribution in [0.25, 0.3) is 0 Å². The number of benzene rings is 1. The number of hydrogen-bond acceptors (Lipinski definition) is 2. The summed E-state index contributed by atoms with van der Waals surface area (Å²) in [7, 11) is 0. The number of carbonyl (C=O) groups is 2. The minimum absolute atomic E-state index is 0.195. The maximum Gasteiger partial charge on any atom is 0.319 e. The maximum absolute atomic E-state index is 13.0. The van der Waals surface area contributed by atoms with Gasteiger partial charge in [0.25, 0.3) is 5.91 Å². The van der Waals surface area contributed by atoms with Gasteiger partial charge in [0.1, 0.15) is 5.82 Å². The number of nitrogens with two attached hydrogens (primary N) is 1. The van der Waals surface area contributed by atoms with Gasteiger partial charge in [0, 0.05) is 5.02 Å². The lowest BCUT2D eigenvalue weighted by Gasteiger charge is -2.02. The monoisotopic (exact) mass is 216 g/mol. The minimum atomic E-state index is -1.05. The largest absolute Gasteiger partial charge is 0.351 e. The van der Waals surface area contributed by atoms with Crippen LogP contribution in [-0.2, 0) is 0 Å². The smallest absolute Gasteiger partial charge is 0.319 e. The lowest BCUT2D eigenvalue weighted by molar-refractivity contribution is 0.0962. The van der Waals surface area contributed by atoms with Crippen molar-refractivity contribution >= 4 is 23.5 Å². The summed E-state index contributed by atoms with van der Waals surface area (Å²) in [6.45, 7) is 0. The van der Waals surface area contributed by atoms with Crippen LogP contribution in [0.15, 0.2) is 18.2 Å². The van der Waals surface area contributed by atoms with Crippen LogP contribution in [0, 0.1) is 5.82 Å². The van der Waals surface area contributed by atoms with Gasteiger partial charge in [-0.05, 0) is 18.2 Å². The number of nitrogens with one attached hydrogen (secondary N) is 1. The molecule has 0 fully saturated rings. The first-order chi connectivity index (χ1) is 6.50. The Bertz CT molecular complexity index is 395. The van der Waals surface area contributed by atoms with E-state index in [1.165, 1.54) is 6.07 Å². The second-order valence-electron chi connectivity index (χ2n) is 2.44. The quantitative estimate of drug-likeness (QED) is 0.743. The third kappa shape index (κ3) is 2.43. The first-order valence-corrected chi connectivity index (χ1v) is 3.94. The fraction of sp³-hybridized carbons (Fsp3) is 0. The molecule has 0 saturated heterocycles. The first kappa shape index (κ1) is 10.5. The molecule has 0 bridgehead atoms. The van der Waals surface area contributed by atoms with Crippen LogP contribution in [0.3, 0.4) is 0 Å².